The number of rotatable bonds is 7. The van der Waals surface area contributed by atoms with Crippen LogP contribution in [0.25, 0.3) is 10.9 Å². The van der Waals surface area contributed by atoms with Gasteiger partial charge in [0.15, 0.2) is 5.82 Å². The fourth-order valence-corrected chi connectivity index (χ4v) is 4.86. The van der Waals surface area contributed by atoms with Crippen molar-refractivity contribution in [3.05, 3.63) is 66.1 Å². The van der Waals surface area contributed by atoms with Gasteiger partial charge in [-0.05, 0) is 32.1 Å². The van der Waals surface area contributed by atoms with E-state index in [1.54, 1.807) is 28.2 Å². The Balaban J connectivity index is 1.35. The standard InChI is InChI=1S/C27H30N6O5/c1-4-38-21-10-11-33(30-21)25-23-22(20(37-3)15-29-25)19(14-28-23)24(34)27(36)31-12-13-32(17(2)16-31)26(35)18-8-6-5-7-9-18/h5-11,14-15,17,21,28,30H,4,12-13,16H2,1-3H3/t17-,21?/m1/s1. The number of fused-ring (bicyclic) bond motifs is 1. The van der Waals surface area contributed by atoms with E-state index in [1.165, 1.54) is 24.4 Å². The molecule has 0 aliphatic carbocycles. The smallest absolute Gasteiger partial charge is 0.295 e. The second-order valence-electron chi connectivity index (χ2n) is 9.11. The van der Waals surface area contributed by atoms with Gasteiger partial charge in [0.1, 0.15) is 12.0 Å². The second-order valence-corrected chi connectivity index (χ2v) is 9.11. The summed E-state index contributed by atoms with van der Waals surface area (Å²) in [6, 6.07) is 8.80. The Morgan fingerprint density at radius 2 is 1.95 bits per heavy atom. The Morgan fingerprint density at radius 3 is 2.66 bits per heavy atom. The first-order valence-electron chi connectivity index (χ1n) is 12.5. The molecule has 1 fully saturated rings. The molecular formula is C27H30N6O5. The van der Waals surface area contributed by atoms with E-state index in [-0.39, 0.29) is 36.8 Å². The molecule has 198 valence electrons. The van der Waals surface area contributed by atoms with E-state index in [2.05, 4.69) is 15.4 Å². The average Bonchev–Trinajstić information content (AvgIpc) is 3.60. The molecule has 2 aliphatic rings. The first-order chi connectivity index (χ1) is 18.4. The van der Waals surface area contributed by atoms with Crippen LogP contribution in [0, 0.1) is 0 Å². The van der Waals surface area contributed by atoms with Gasteiger partial charge >= 0.3 is 0 Å². The summed E-state index contributed by atoms with van der Waals surface area (Å²) in [7, 11) is 1.49. The van der Waals surface area contributed by atoms with Gasteiger partial charge in [-0.15, -0.1) is 0 Å². The predicted molar refractivity (Wildman–Crippen MR) is 141 cm³/mol. The Kier molecular flexibility index (Phi) is 7.12. The molecule has 1 saturated heterocycles. The number of nitrogens with zero attached hydrogens (tertiary/aromatic N) is 4. The number of amides is 2. The number of aromatic nitrogens is 2. The molecule has 1 unspecified atom stereocenters. The lowest BCUT2D eigenvalue weighted by molar-refractivity contribution is -0.128. The molecule has 0 spiro atoms. The van der Waals surface area contributed by atoms with Crippen LogP contribution < -0.4 is 15.2 Å². The number of methoxy groups -OCH3 is 1. The molecule has 0 saturated carbocycles. The molecule has 2 atom stereocenters. The van der Waals surface area contributed by atoms with Gasteiger partial charge in [-0.1, -0.05) is 18.2 Å². The third-order valence-corrected chi connectivity index (χ3v) is 6.76. The summed E-state index contributed by atoms with van der Waals surface area (Å²) in [4.78, 5) is 50.6. The fraction of sp³-hybridized carbons (Fsp3) is 0.333. The zero-order chi connectivity index (χ0) is 26.8. The molecule has 4 heterocycles. The van der Waals surface area contributed by atoms with E-state index in [4.69, 9.17) is 9.47 Å². The molecule has 5 rings (SSSR count). The summed E-state index contributed by atoms with van der Waals surface area (Å²) in [5.74, 6) is -0.488. The minimum absolute atomic E-state index is 0.0888. The Hall–Kier alpha value is -4.22. The number of carbonyl (C=O) groups is 3. The zero-order valence-electron chi connectivity index (χ0n) is 21.5. The van der Waals surface area contributed by atoms with Crippen molar-refractivity contribution in [3.8, 4) is 5.75 Å². The van der Waals surface area contributed by atoms with Crippen molar-refractivity contribution in [2.24, 2.45) is 0 Å². The lowest BCUT2D eigenvalue weighted by Gasteiger charge is -2.39. The van der Waals surface area contributed by atoms with Crippen molar-refractivity contribution in [1.29, 1.82) is 0 Å². The van der Waals surface area contributed by atoms with Gasteiger partial charge in [0.2, 0.25) is 0 Å². The number of piperazine rings is 1. The van der Waals surface area contributed by atoms with Gasteiger partial charge in [0.25, 0.3) is 17.6 Å². The first-order valence-corrected chi connectivity index (χ1v) is 12.5. The van der Waals surface area contributed by atoms with E-state index in [1.807, 2.05) is 38.1 Å². The highest BCUT2D eigenvalue weighted by molar-refractivity contribution is 6.45. The maximum absolute atomic E-state index is 13.5. The number of benzene rings is 1. The summed E-state index contributed by atoms with van der Waals surface area (Å²) < 4.78 is 11.1. The van der Waals surface area contributed by atoms with Gasteiger partial charge in [-0.3, -0.25) is 19.4 Å². The molecule has 11 heteroatoms. The zero-order valence-corrected chi connectivity index (χ0v) is 21.5. The number of hydrogen-bond donors (Lipinski definition) is 2. The summed E-state index contributed by atoms with van der Waals surface area (Å²) >= 11 is 0. The van der Waals surface area contributed by atoms with E-state index < -0.39 is 11.7 Å². The summed E-state index contributed by atoms with van der Waals surface area (Å²) in [5, 5.41) is 2.16. The van der Waals surface area contributed by atoms with Crippen molar-refractivity contribution in [2.45, 2.75) is 26.1 Å². The van der Waals surface area contributed by atoms with Crippen LogP contribution in [0.3, 0.4) is 0 Å². The number of pyridine rings is 1. The van der Waals surface area contributed by atoms with Crippen LogP contribution in [-0.2, 0) is 9.53 Å². The van der Waals surface area contributed by atoms with Gasteiger partial charge in [0.05, 0.1) is 29.8 Å². The van der Waals surface area contributed by atoms with Crippen molar-refractivity contribution in [3.63, 3.8) is 0 Å². The summed E-state index contributed by atoms with van der Waals surface area (Å²) in [6.45, 7) is 5.19. The van der Waals surface area contributed by atoms with E-state index >= 15 is 0 Å². The van der Waals surface area contributed by atoms with Gasteiger partial charge in [0, 0.05) is 50.2 Å². The maximum atomic E-state index is 13.5. The van der Waals surface area contributed by atoms with Crippen molar-refractivity contribution in [1.82, 2.24) is 25.2 Å². The molecule has 11 nitrogen and oxygen atoms in total. The highest BCUT2D eigenvalue weighted by Crippen LogP contribution is 2.34. The number of H-pyrrole nitrogens is 1. The average molecular weight is 519 g/mol. The van der Waals surface area contributed by atoms with Gasteiger partial charge in [-0.25, -0.2) is 4.98 Å². The number of Topliss-reactive ketones (excluding diaryl/α,β-unsaturated/α-hetero) is 1. The first kappa shape index (κ1) is 25.4. The number of hydrazine groups is 1. The quantitative estimate of drug-likeness (QED) is 0.361. The van der Waals surface area contributed by atoms with Crippen LogP contribution >= 0.6 is 0 Å². The highest BCUT2D eigenvalue weighted by atomic mass is 16.5. The van der Waals surface area contributed by atoms with E-state index in [0.717, 1.165) is 0 Å². The highest BCUT2D eigenvalue weighted by Gasteiger charge is 2.34. The van der Waals surface area contributed by atoms with Crippen LogP contribution in [0.2, 0.25) is 0 Å². The molecule has 2 aromatic heterocycles. The number of nitrogens with one attached hydrogen (secondary N) is 2. The number of ether oxygens (including phenoxy) is 2. The maximum Gasteiger partial charge on any atom is 0.295 e. The normalized spacial score (nSPS) is 19.3. The Bertz CT molecular complexity index is 1390. The number of anilines is 1. The number of ketones is 1. The number of aromatic amines is 1. The molecule has 2 amide bonds. The molecule has 2 N–H and O–H groups in total. The van der Waals surface area contributed by atoms with Crippen LogP contribution in [0.4, 0.5) is 5.82 Å². The minimum Gasteiger partial charge on any atom is -0.494 e. The van der Waals surface area contributed by atoms with Crippen LogP contribution in [0.1, 0.15) is 34.6 Å². The van der Waals surface area contributed by atoms with E-state index in [0.29, 0.717) is 41.2 Å². The lowest BCUT2D eigenvalue weighted by atomic mass is 10.1. The Morgan fingerprint density at radius 1 is 1.16 bits per heavy atom. The molecule has 2 aliphatic heterocycles. The van der Waals surface area contributed by atoms with Crippen LogP contribution in [0.15, 0.2) is 55.0 Å². The monoisotopic (exact) mass is 518 g/mol. The largest absolute Gasteiger partial charge is 0.494 e. The second kappa shape index (κ2) is 10.6. The third-order valence-electron chi connectivity index (χ3n) is 6.76. The predicted octanol–water partition coefficient (Wildman–Crippen LogP) is 2.33. The molecule has 38 heavy (non-hydrogen) atoms. The SMILES string of the molecule is CCOC1C=CN(c2ncc(OC)c3c(C(=O)C(=O)N4CCN(C(=O)c5ccccc5)[C@H](C)C4)c[nH]c23)N1. The van der Waals surface area contributed by atoms with Crippen molar-refractivity contribution >= 4 is 34.3 Å². The summed E-state index contributed by atoms with van der Waals surface area (Å²) in [5.41, 5.74) is 4.51. The van der Waals surface area contributed by atoms with E-state index in [9.17, 15) is 14.4 Å². The van der Waals surface area contributed by atoms with Crippen molar-refractivity contribution < 1.29 is 23.9 Å². The van der Waals surface area contributed by atoms with Crippen LogP contribution in [0.5, 0.6) is 5.75 Å². The number of hydrogen-bond acceptors (Lipinski definition) is 8. The van der Waals surface area contributed by atoms with Gasteiger partial charge in [-0.2, -0.15) is 5.43 Å². The Labute approximate surface area is 220 Å². The van der Waals surface area contributed by atoms with Gasteiger partial charge < -0.3 is 24.3 Å². The summed E-state index contributed by atoms with van der Waals surface area (Å²) in [6.07, 6.45) is 6.37. The third kappa shape index (κ3) is 4.61. The molecular weight excluding hydrogens is 488 g/mol. The molecule has 0 radical (unpaired) electrons. The minimum atomic E-state index is -0.654. The molecule has 1 aromatic carbocycles. The van der Waals surface area contributed by atoms with Crippen LogP contribution in [-0.4, -0.2) is 83.0 Å². The fourth-order valence-electron chi connectivity index (χ4n) is 4.86. The molecule has 0 bridgehead atoms. The topological polar surface area (TPSA) is 120 Å². The van der Waals surface area contributed by atoms with Crippen molar-refractivity contribution in [2.75, 3.05) is 38.4 Å². The molecule has 3 aromatic rings. The lowest BCUT2D eigenvalue weighted by Crippen LogP contribution is -2.56. The number of carbonyl (C=O) groups excluding carboxylic acids is 3.